The van der Waals surface area contributed by atoms with Gasteiger partial charge in [-0.15, -0.1) is 0 Å². The van der Waals surface area contributed by atoms with Gasteiger partial charge in [-0.3, -0.25) is 52.4 Å². The van der Waals surface area contributed by atoms with Crippen LogP contribution >= 0.6 is 0 Å². The standard InChI is InChI=1S/C91H147N3O8/c1-5-9-13-17-29-41-53-75-71(49-37-15-11-7-3)58-60-73(77(75)55-43-31-19-20-33-45-57-79-84(95)62-63-85(79)96)52-40-28-22-25-35-47-67-93-88(99)80-69-82-83(70-81(80)89(93)100)91(102)94(90(82)101)68-48-36-26-23-32-44-56-78-74(51-39-27-21-24-34-46-66-92-86(97)64-65-87(92)98)61-59-72(50-38-16-12-8-4)76(78)54-42-30-18-14-10-6-2/h62-65,69-79H,5-61,66-68H2,1-4H3. The quantitative estimate of drug-likeness (QED) is 0.0308. The molecule has 0 bridgehead atoms. The molecule has 574 valence electrons. The number of imide groups is 1. The zero-order valence-corrected chi connectivity index (χ0v) is 65.7. The molecule has 3 aliphatic carbocycles. The highest BCUT2D eigenvalue weighted by atomic mass is 16.2. The molecule has 0 spiro atoms. The molecule has 8 unspecified atom stereocenters. The second kappa shape index (κ2) is 49.4. The Hall–Kier alpha value is -4.54. The number of aromatic nitrogens is 2. The lowest BCUT2D eigenvalue weighted by atomic mass is 9.61. The molecule has 0 N–H and O–H groups in total. The van der Waals surface area contributed by atoms with Crippen molar-refractivity contribution in [3.05, 3.63) is 77.9 Å². The van der Waals surface area contributed by atoms with Gasteiger partial charge in [-0.05, 0) is 149 Å². The fraction of sp³-hybridized carbons (Fsp3) is 0.802. The molecule has 2 amide bonds. The van der Waals surface area contributed by atoms with Gasteiger partial charge in [0, 0.05) is 31.8 Å². The molecule has 2 fully saturated rings. The van der Waals surface area contributed by atoms with Gasteiger partial charge in [-0.1, -0.05) is 317 Å². The molecule has 3 heterocycles. The van der Waals surface area contributed by atoms with Crippen molar-refractivity contribution in [1.29, 1.82) is 0 Å². The molecule has 8 atom stereocenters. The first kappa shape index (κ1) is 84.7. The number of rotatable bonds is 60. The average Bonchev–Trinajstić information content (AvgIpc) is 1.59. The van der Waals surface area contributed by atoms with E-state index in [4.69, 9.17) is 0 Å². The molecule has 2 aromatic heterocycles. The van der Waals surface area contributed by atoms with Gasteiger partial charge in [0.2, 0.25) is 0 Å². The molecule has 3 aromatic rings. The van der Waals surface area contributed by atoms with Gasteiger partial charge in [-0.25, -0.2) is 0 Å². The largest absolute Gasteiger partial charge is 0.294 e. The number of fused-ring (bicyclic) bond motifs is 2. The van der Waals surface area contributed by atoms with E-state index in [1.54, 1.807) is 12.1 Å². The van der Waals surface area contributed by atoms with Crippen LogP contribution in [-0.4, -0.2) is 44.0 Å². The Balaban J connectivity index is 0.842. The van der Waals surface area contributed by atoms with Gasteiger partial charge >= 0.3 is 0 Å². The number of hydrogen-bond acceptors (Lipinski definition) is 8. The van der Waals surface area contributed by atoms with Gasteiger partial charge in [0.25, 0.3) is 34.1 Å². The number of hydrogen-bond donors (Lipinski definition) is 0. The van der Waals surface area contributed by atoms with Crippen LogP contribution in [0.25, 0.3) is 21.5 Å². The van der Waals surface area contributed by atoms with Crippen LogP contribution in [0.5, 0.6) is 0 Å². The number of amides is 2. The van der Waals surface area contributed by atoms with E-state index in [1.807, 2.05) is 0 Å². The van der Waals surface area contributed by atoms with Crippen LogP contribution in [0.15, 0.2) is 55.6 Å². The number of carbonyl (C=O) groups excluding carboxylic acids is 4. The third-order valence-electron chi connectivity index (χ3n) is 25.9. The molecule has 0 radical (unpaired) electrons. The van der Waals surface area contributed by atoms with Crippen LogP contribution in [0.3, 0.4) is 0 Å². The van der Waals surface area contributed by atoms with Crippen molar-refractivity contribution >= 4 is 44.9 Å². The monoisotopic (exact) mass is 1410 g/mol. The second-order valence-electron chi connectivity index (χ2n) is 33.4. The molecule has 4 aliphatic rings. The Morgan fingerprint density at radius 2 is 0.480 bits per heavy atom. The minimum Gasteiger partial charge on any atom is -0.294 e. The van der Waals surface area contributed by atoms with Crippen LogP contribution in [-0.2, 0) is 32.3 Å². The maximum absolute atomic E-state index is 13.9. The predicted molar refractivity (Wildman–Crippen MR) is 427 cm³/mol. The molecule has 2 saturated carbocycles. The summed E-state index contributed by atoms with van der Waals surface area (Å²) in [5.41, 5.74) is -1.38. The normalized spacial score (nSPS) is 21.1. The third kappa shape index (κ3) is 27.7. The number of benzene rings is 1. The Bertz CT molecular complexity index is 3040. The highest BCUT2D eigenvalue weighted by Gasteiger charge is 2.40. The van der Waals surface area contributed by atoms with E-state index in [9.17, 15) is 38.4 Å². The van der Waals surface area contributed by atoms with Crippen molar-refractivity contribution in [3.63, 3.8) is 0 Å². The minimum atomic E-state index is -0.413. The summed E-state index contributed by atoms with van der Waals surface area (Å²) in [7, 11) is 0. The predicted octanol–water partition coefficient (Wildman–Crippen LogP) is 23.4. The second-order valence-corrected chi connectivity index (χ2v) is 33.4. The highest BCUT2D eigenvalue weighted by Crippen LogP contribution is 2.50. The lowest BCUT2D eigenvalue weighted by Crippen LogP contribution is -2.35. The summed E-state index contributed by atoms with van der Waals surface area (Å²) in [4.78, 5) is 105. The Labute approximate surface area is 619 Å². The topological polar surface area (TPSA) is 150 Å². The molecule has 102 heavy (non-hydrogen) atoms. The summed E-state index contributed by atoms with van der Waals surface area (Å²) in [5.74, 6) is 5.97. The molecule has 11 heteroatoms. The van der Waals surface area contributed by atoms with Crippen LogP contribution in [0.2, 0.25) is 0 Å². The molecular weight excluding hydrogens is 1260 g/mol. The van der Waals surface area contributed by atoms with Crippen molar-refractivity contribution in [3.8, 4) is 0 Å². The number of nitrogens with zero attached hydrogens (tertiary/aromatic N) is 3. The molecule has 0 saturated heterocycles. The smallest absolute Gasteiger partial charge is 0.261 e. The van der Waals surface area contributed by atoms with Crippen LogP contribution in [0.1, 0.15) is 394 Å². The molecule has 1 aliphatic heterocycles. The Morgan fingerprint density at radius 1 is 0.255 bits per heavy atom. The number of ketones is 2. The summed E-state index contributed by atoms with van der Waals surface area (Å²) < 4.78 is 2.70. The molecule has 11 nitrogen and oxygen atoms in total. The fourth-order valence-corrected chi connectivity index (χ4v) is 19.8. The Morgan fingerprint density at radius 3 is 0.765 bits per heavy atom. The summed E-state index contributed by atoms with van der Waals surface area (Å²) in [6.07, 6.45) is 77.0. The fourth-order valence-electron chi connectivity index (χ4n) is 19.8. The van der Waals surface area contributed by atoms with Crippen molar-refractivity contribution in [2.75, 3.05) is 6.54 Å². The van der Waals surface area contributed by atoms with Gasteiger partial charge in [-0.2, -0.15) is 0 Å². The first-order valence-electron chi connectivity index (χ1n) is 44.1. The van der Waals surface area contributed by atoms with E-state index in [1.165, 1.54) is 314 Å². The summed E-state index contributed by atoms with van der Waals surface area (Å²) in [5, 5.41) is 1.03. The van der Waals surface area contributed by atoms with E-state index < -0.39 is 5.92 Å². The number of unbranched alkanes of at least 4 members (excludes halogenated alkanes) is 36. The van der Waals surface area contributed by atoms with Crippen molar-refractivity contribution in [1.82, 2.24) is 14.0 Å². The minimum absolute atomic E-state index is 0.00236. The van der Waals surface area contributed by atoms with Crippen LogP contribution in [0, 0.1) is 53.3 Å². The first-order chi connectivity index (χ1) is 49.9. The highest BCUT2D eigenvalue weighted by molar-refractivity contribution is 6.18. The average molecular weight is 1410 g/mol. The summed E-state index contributed by atoms with van der Waals surface area (Å²) >= 11 is 0. The summed E-state index contributed by atoms with van der Waals surface area (Å²) in [6, 6.07) is 3.08. The van der Waals surface area contributed by atoms with Crippen molar-refractivity contribution < 1.29 is 19.2 Å². The van der Waals surface area contributed by atoms with Crippen molar-refractivity contribution in [2.45, 2.75) is 407 Å². The third-order valence-corrected chi connectivity index (χ3v) is 25.9. The lowest BCUT2D eigenvalue weighted by Gasteiger charge is -2.44. The number of allylic oxidation sites excluding steroid dienone is 2. The SMILES string of the molecule is CCCCCCCCC1C(CCCCCC)CCC(CCCCCCCCn2c(=O)c3cc4c(=O)n(CCCCCCCCC5C(CCCCCCCCN6C(=O)C=CC6=O)CCC(CCCCCC)C5CCCCCCCC)c(=O)c4cc3c2=O)C1CCCCCCCCC1C(=O)C=CC1=O. The van der Waals surface area contributed by atoms with E-state index in [-0.39, 0.29) is 67.2 Å². The zero-order valence-electron chi connectivity index (χ0n) is 65.7. The van der Waals surface area contributed by atoms with E-state index in [0.29, 0.717) is 26.1 Å². The molecule has 7 rings (SSSR count). The van der Waals surface area contributed by atoms with Gasteiger partial charge in [0.05, 0.1) is 27.5 Å². The van der Waals surface area contributed by atoms with Gasteiger partial charge < -0.3 is 0 Å². The van der Waals surface area contributed by atoms with E-state index >= 15 is 0 Å². The van der Waals surface area contributed by atoms with Gasteiger partial charge in [0.15, 0.2) is 11.6 Å². The van der Waals surface area contributed by atoms with Crippen LogP contribution in [0.4, 0.5) is 0 Å². The van der Waals surface area contributed by atoms with E-state index in [0.717, 1.165) is 131 Å². The maximum Gasteiger partial charge on any atom is 0.261 e. The number of carbonyl (C=O) groups is 4. The zero-order chi connectivity index (χ0) is 72.5. The van der Waals surface area contributed by atoms with Crippen molar-refractivity contribution in [2.24, 2.45) is 53.3 Å². The molecule has 1 aromatic carbocycles. The lowest BCUT2D eigenvalue weighted by molar-refractivity contribution is -0.137. The maximum atomic E-state index is 13.9. The molecular formula is C91H147N3O8. The van der Waals surface area contributed by atoms with Crippen LogP contribution < -0.4 is 22.2 Å². The van der Waals surface area contributed by atoms with E-state index in [2.05, 4.69) is 27.7 Å². The first-order valence-corrected chi connectivity index (χ1v) is 44.1. The van der Waals surface area contributed by atoms with Gasteiger partial charge in [0.1, 0.15) is 0 Å². The Kier molecular flexibility index (Phi) is 41.0. The summed E-state index contributed by atoms with van der Waals surface area (Å²) in [6.45, 7) is 10.5.